The summed E-state index contributed by atoms with van der Waals surface area (Å²) >= 11 is 7.09. The number of pyridine rings is 1. The smallest absolute Gasteiger partial charge is 0.353 e. The molecule has 1 fully saturated rings. The molecule has 0 bridgehead atoms. The maximum absolute atomic E-state index is 14.4. The third kappa shape index (κ3) is 5.99. The van der Waals surface area contributed by atoms with Crippen molar-refractivity contribution in [1.82, 2.24) is 15.3 Å². The van der Waals surface area contributed by atoms with Crippen molar-refractivity contribution in [3.63, 3.8) is 0 Å². The van der Waals surface area contributed by atoms with Crippen molar-refractivity contribution in [3.05, 3.63) is 57.8 Å². The number of amides is 2. The van der Waals surface area contributed by atoms with E-state index in [1.54, 1.807) is 4.90 Å². The van der Waals surface area contributed by atoms with Gasteiger partial charge in [-0.3, -0.25) is 14.9 Å². The zero-order valence-corrected chi connectivity index (χ0v) is 20.3. The lowest BCUT2D eigenvalue weighted by molar-refractivity contribution is -0.174. The minimum Gasteiger partial charge on any atom is -0.353 e. The number of hydrogen-bond acceptors (Lipinski definition) is 6. The van der Waals surface area contributed by atoms with Gasteiger partial charge in [0.15, 0.2) is 5.13 Å². The topological polar surface area (TPSA) is 87.2 Å². The number of nitrogens with one attached hydrogen (secondary N) is 2. The number of carbonyl (C=O) groups excluding carboxylic acids is 2. The Bertz CT molecular complexity index is 1380. The molecule has 7 nitrogen and oxygen atoms in total. The zero-order chi connectivity index (χ0) is 27.8. The third-order valence-electron chi connectivity index (χ3n) is 5.47. The van der Waals surface area contributed by atoms with Gasteiger partial charge < -0.3 is 10.2 Å². The zero-order valence-electron chi connectivity index (χ0n) is 18.8. The van der Waals surface area contributed by atoms with E-state index in [1.165, 1.54) is 17.6 Å². The van der Waals surface area contributed by atoms with Crippen LogP contribution in [0, 0.1) is 5.82 Å². The summed E-state index contributed by atoms with van der Waals surface area (Å²) in [5, 5.41) is 5.60. The van der Waals surface area contributed by atoms with E-state index in [-0.39, 0.29) is 52.3 Å². The molecular weight excluding hydrogens is 567 g/mol. The lowest BCUT2D eigenvalue weighted by Gasteiger charge is -2.19. The number of nitrogens with zero attached hydrogens (tertiary/aromatic N) is 3. The minimum atomic E-state index is -5.00. The molecule has 1 aromatic carbocycles. The Morgan fingerprint density at radius 3 is 2.55 bits per heavy atom. The van der Waals surface area contributed by atoms with Gasteiger partial charge in [0.25, 0.3) is 5.91 Å². The van der Waals surface area contributed by atoms with Crippen molar-refractivity contribution < 1.29 is 40.3 Å². The second-order valence-electron chi connectivity index (χ2n) is 8.09. The van der Waals surface area contributed by atoms with Crippen LogP contribution in [0.15, 0.2) is 35.8 Å². The van der Waals surface area contributed by atoms with Crippen molar-refractivity contribution in [2.24, 2.45) is 0 Å². The van der Waals surface area contributed by atoms with E-state index in [4.69, 9.17) is 11.6 Å². The number of thiazole rings is 1. The van der Waals surface area contributed by atoms with E-state index in [0.717, 1.165) is 23.5 Å². The van der Waals surface area contributed by atoms with Gasteiger partial charge in [0.05, 0.1) is 21.8 Å². The summed E-state index contributed by atoms with van der Waals surface area (Å²) in [5.74, 6) is -4.05. The molecular formula is C22H15ClF7N5O2S. The highest BCUT2D eigenvalue weighted by molar-refractivity contribution is 7.14. The van der Waals surface area contributed by atoms with Crippen molar-refractivity contribution in [2.45, 2.75) is 24.8 Å². The molecule has 16 heteroatoms. The molecule has 0 aliphatic carbocycles. The summed E-state index contributed by atoms with van der Waals surface area (Å²) < 4.78 is 90.8. The van der Waals surface area contributed by atoms with Crippen LogP contribution in [-0.2, 0) is 11.0 Å². The second kappa shape index (κ2) is 10.4. The van der Waals surface area contributed by atoms with Gasteiger partial charge in [0, 0.05) is 36.3 Å². The van der Waals surface area contributed by atoms with Crippen LogP contribution in [0.5, 0.6) is 0 Å². The van der Waals surface area contributed by atoms with Gasteiger partial charge in [-0.2, -0.15) is 26.3 Å². The van der Waals surface area contributed by atoms with Gasteiger partial charge >= 0.3 is 18.3 Å². The summed E-state index contributed by atoms with van der Waals surface area (Å²) in [6, 6.07) is 3.27. The molecule has 202 valence electrons. The van der Waals surface area contributed by atoms with Crippen LogP contribution in [-0.4, -0.2) is 47.1 Å². The SMILES string of the molecule is O=C(Nc1nc(-c2cccc(C(F)(F)F)c2F)cs1)c1cnc(N2CCC(NC(=O)C(F)(F)F)C2)c(Cl)c1. The van der Waals surface area contributed by atoms with Crippen molar-refractivity contribution in [3.8, 4) is 11.3 Å². The van der Waals surface area contributed by atoms with Crippen LogP contribution in [0.25, 0.3) is 11.3 Å². The first kappa shape index (κ1) is 27.6. The van der Waals surface area contributed by atoms with Crippen molar-refractivity contribution in [2.75, 3.05) is 23.3 Å². The van der Waals surface area contributed by atoms with Gasteiger partial charge in [0.1, 0.15) is 11.6 Å². The van der Waals surface area contributed by atoms with Crippen LogP contribution < -0.4 is 15.5 Å². The van der Waals surface area contributed by atoms with Gasteiger partial charge in [-0.25, -0.2) is 14.4 Å². The molecule has 0 spiro atoms. The first-order chi connectivity index (χ1) is 17.7. The largest absolute Gasteiger partial charge is 0.471 e. The molecule has 1 aliphatic rings. The summed E-state index contributed by atoms with van der Waals surface area (Å²) in [6.45, 7) is 0.281. The maximum Gasteiger partial charge on any atom is 0.471 e. The normalized spacial score (nSPS) is 16.0. The average molecular weight is 582 g/mol. The molecule has 38 heavy (non-hydrogen) atoms. The molecule has 2 N–H and O–H groups in total. The summed E-state index contributed by atoms with van der Waals surface area (Å²) in [6.07, 6.45) is -8.50. The Hall–Kier alpha value is -3.46. The Kier molecular flexibility index (Phi) is 7.52. The lowest BCUT2D eigenvalue weighted by Crippen LogP contribution is -2.44. The predicted molar refractivity (Wildman–Crippen MR) is 125 cm³/mol. The van der Waals surface area contributed by atoms with Crippen LogP contribution in [0.4, 0.5) is 41.7 Å². The number of hydrogen-bond donors (Lipinski definition) is 2. The maximum atomic E-state index is 14.4. The Morgan fingerprint density at radius 1 is 1.16 bits per heavy atom. The Labute approximate surface area is 218 Å². The number of rotatable bonds is 5. The number of halogens is 8. The number of anilines is 2. The number of aromatic nitrogens is 2. The summed E-state index contributed by atoms with van der Waals surface area (Å²) in [7, 11) is 0. The summed E-state index contributed by atoms with van der Waals surface area (Å²) in [4.78, 5) is 33.4. The predicted octanol–water partition coefficient (Wildman–Crippen LogP) is 5.53. The van der Waals surface area contributed by atoms with Crippen LogP contribution >= 0.6 is 22.9 Å². The van der Waals surface area contributed by atoms with Crippen molar-refractivity contribution in [1.29, 1.82) is 0 Å². The van der Waals surface area contributed by atoms with E-state index in [0.29, 0.717) is 6.07 Å². The van der Waals surface area contributed by atoms with E-state index in [1.807, 2.05) is 5.32 Å². The van der Waals surface area contributed by atoms with Crippen molar-refractivity contribution >= 4 is 45.7 Å². The molecule has 1 aliphatic heterocycles. The fourth-order valence-corrected chi connectivity index (χ4v) is 4.69. The fraction of sp³-hybridized carbons (Fsp3) is 0.273. The van der Waals surface area contributed by atoms with Crippen LogP contribution in [0.3, 0.4) is 0 Å². The molecule has 2 amide bonds. The van der Waals surface area contributed by atoms with Gasteiger partial charge in [0.2, 0.25) is 0 Å². The van der Waals surface area contributed by atoms with Crippen LogP contribution in [0.2, 0.25) is 5.02 Å². The molecule has 1 atom stereocenters. The Morgan fingerprint density at radius 2 is 1.89 bits per heavy atom. The van der Waals surface area contributed by atoms with Gasteiger partial charge in [-0.05, 0) is 24.6 Å². The number of carbonyl (C=O) groups is 2. The molecule has 1 unspecified atom stereocenters. The second-order valence-corrected chi connectivity index (χ2v) is 9.35. The van der Waals surface area contributed by atoms with Crippen LogP contribution in [0.1, 0.15) is 22.3 Å². The van der Waals surface area contributed by atoms with E-state index < -0.39 is 41.6 Å². The van der Waals surface area contributed by atoms with E-state index in [9.17, 15) is 40.3 Å². The quantitative estimate of drug-likeness (QED) is 0.387. The minimum absolute atomic E-state index is 0.0122. The first-order valence-corrected chi connectivity index (χ1v) is 11.9. The highest BCUT2D eigenvalue weighted by Gasteiger charge is 2.41. The van der Waals surface area contributed by atoms with E-state index in [2.05, 4.69) is 15.3 Å². The fourth-order valence-electron chi connectivity index (χ4n) is 3.70. The monoisotopic (exact) mass is 581 g/mol. The molecule has 0 saturated carbocycles. The molecule has 1 saturated heterocycles. The number of alkyl halides is 6. The van der Waals surface area contributed by atoms with Gasteiger partial charge in [-0.1, -0.05) is 17.7 Å². The molecule has 3 heterocycles. The first-order valence-electron chi connectivity index (χ1n) is 10.6. The number of benzene rings is 1. The van der Waals surface area contributed by atoms with E-state index >= 15 is 0 Å². The Balaban J connectivity index is 1.43. The molecule has 3 aromatic rings. The summed E-state index contributed by atoms with van der Waals surface area (Å²) in [5.41, 5.74) is -1.95. The third-order valence-corrected chi connectivity index (χ3v) is 6.51. The standard InChI is InChI=1S/C22H15ClF7N5O2S/c23-14-6-10(7-31-17(14)35-5-4-11(8-35)32-19(37)22(28,29)30)18(36)34-20-33-15(9-38-20)12-2-1-3-13(16(12)24)21(25,26)27/h1-3,6-7,9,11H,4-5,8H2,(H,32,37)(H,33,34,36). The highest BCUT2D eigenvalue weighted by Crippen LogP contribution is 2.36. The lowest BCUT2D eigenvalue weighted by atomic mass is 10.1. The van der Waals surface area contributed by atoms with Gasteiger partial charge in [-0.15, -0.1) is 11.3 Å². The molecule has 4 rings (SSSR count). The highest BCUT2D eigenvalue weighted by atomic mass is 35.5. The molecule has 2 aromatic heterocycles. The average Bonchev–Trinajstić information content (AvgIpc) is 3.47. The molecule has 0 radical (unpaired) electrons.